The summed E-state index contributed by atoms with van der Waals surface area (Å²) in [6.45, 7) is 0. The molecule has 0 radical (unpaired) electrons. The fraction of sp³-hybridized carbons (Fsp3) is 0.250. The molecule has 0 aromatic heterocycles. The Balaban J connectivity index is 3.15. The zero-order valence-corrected chi connectivity index (χ0v) is 7.33. The molecule has 0 saturated carbocycles. The van der Waals surface area contributed by atoms with E-state index in [4.69, 9.17) is 11.6 Å². The van der Waals surface area contributed by atoms with Gasteiger partial charge in [-0.25, -0.2) is 8.78 Å². The number of alkyl halides is 5. The standard InChI is InChI=1S/C8H4ClF5/c9-6-3-4(7(10)11)1-2-5(6)8(12,13)14/h1-3,7H. The normalized spacial score (nSPS) is 12.2. The molecule has 0 atom stereocenters. The lowest BCUT2D eigenvalue weighted by atomic mass is 10.1. The first-order valence-electron chi connectivity index (χ1n) is 3.47. The third kappa shape index (κ3) is 2.35. The summed E-state index contributed by atoms with van der Waals surface area (Å²) in [4.78, 5) is 0. The first kappa shape index (κ1) is 11.2. The quantitative estimate of drug-likeness (QED) is 0.631. The zero-order valence-electron chi connectivity index (χ0n) is 6.58. The maximum absolute atomic E-state index is 12.1. The Morgan fingerprint density at radius 1 is 1.14 bits per heavy atom. The fourth-order valence-electron chi connectivity index (χ4n) is 0.897. The van der Waals surface area contributed by atoms with E-state index in [0.29, 0.717) is 18.2 Å². The minimum atomic E-state index is -4.61. The molecule has 6 heteroatoms. The van der Waals surface area contributed by atoms with E-state index in [0.717, 1.165) is 0 Å². The summed E-state index contributed by atoms with van der Waals surface area (Å²) in [5.74, 6) is 0. The second-order valence-electron chi connectivity index (χ2n) is 2.54. The van der Waals surface area contributed by atoms with Gasteiger partial charge >= 0.3 is 6.18 Å². The molecule has 14 heavy (non-hydrogen) atoms. The van der Waals surface area contributed by atoms with Crippen LogP contribution in [-0.4, -0.2) is 0 Å². The van der Waals surface area contributed by atoms with E-state index in [1.165, 1.54) is 0 Å². The highest BCUT2D eigenvalue weighted by Crippen LogP contribution is 2.36. The van der Waals surface area contributed by atoms with Crippen molar-refractivity contribution in [2.75, 3.05) is 0 Å². The number of hydrogen-bond acceptors (Lipinski definition) is 0. The SMILES string of the molecule is FC(F)c1ccc(C(F)(F)F)c(Cl)c1. The van der Waals surface area contributed by atoms with E-state index < -0.39 is 28.8 Å². The van der Waals surface area contributed by atoms with Gasteiger partial charge in [0.1, 0.15) is 0 Å². The molecule has 0 N–H and O–H groups in total. The van der Waals surface area contributed by atoms with Gasteiger partial charge in [0.2, 0.25) is 0 Å². The molecular formula is C8H4ClF5. The van der Waals surface area contributed by atoms with Gasteiger partial charge in [-0.15, -0.1) is 0 Å². The summed E-state index contributed by atoms with van der Waals surface area (Å²) < 4.78 is 60.4. The number of rotatable bonds is 1. The van der Waals surface area contributed by atoms with Crippen LogP contribution in [0.4, 0.5) is 22.0 Å². The molecule has 1 aromatic carbocycles. The Morgan fingerprint density at radius 2 is 1.71 bits per heavy atom. The molecule has 78 valence electrons. The van der Waals surface area contributed by atoms with Crippen molar-refractivity contribution in [2.24, 2.45) is 0 Å². The van der Waals surface area contributed by atoms with Crippen LogP contribution in [0.25, 0.3) is 0 Å². The third-order valence-electron chi connectivity index (χ3n) is 1.55. The topological polar surface area (TPSA) is 0 Å². The predicted molar refractivity (Wildman–Crippen MR) is 41.4 cm³/mol. The molecule has 1 rings (SSSR count). The highest BCUT2D eigenvalue weighted by molar-refractivity contribution is 6.31. The van der Waals surface area contributed by atoms with E-state index in [1.807, 2.05) is 0 Å². The highest BCUT2D eigenvalue weighted by atomic mass is 35.5. The Bertz CT molecular complexity index is 331. The molecule has 0 unspecified atom stereocenters. The highest BCUT2D eigenvalue weighted by Gasteiger charge is 2.33. The minimum absolute atomic E-state index is 0.525. The summed E-state index contributed by atoms with van der Waals surface area (Å²) in [7, 11) is 0. The first-order valence-corrected chi connectivity index (χ1v) is 3.85. The van der Waals surface area contributed by atoms with Gasteiger partial charge in [0.25, 0.3) is 6.43 Å². The summed E-state index contributed by atoms with van der Waals surface area (Å²) in [6.07, 6.45) is -7.44. The van der Waals surface area contributed by atoms with Gasteiger partial charge in [-0.05, 0) is 12.1 Å². The summed E-state index contributed by atoms with van der Waals surface area (Å²) >= 11 is 5.20. The molecule has 0 bridgehead atoms. The van der Waals surface area contributed by atoms with Crippen LogP contribution in [0.5, 0.6) is 0 Å². The van der Waals surface area contributed by atoms with Crippen LogP contribution in [0.2, 0.25) is 5.02 Å². The maximum Gasteiger partial charge on any atom is 0.417 e. The molecule has 0 spiro atoms. The van der Waals surface area contributed by atoms with Gasteiger partial charge in [-0.2, -0.15) is 13.2 Å². The number of benzene rings is 1. The van der Waals surface area contributed by atoms with Crippen LogP contribution in [-0.2, 0) is 6.18 Å². The lowest BCUT2D eigenvalue weighted by Crippen LogP contribution is -2.06. The summed E-state index contributed by atoms with van der Waals surface area (Å²) in [5, 5.41) is -0.713. The van der Waals surface area contributed by atoms with Crippen LogP contribution in [0, 0.1) is 0 Å². The van der Waals surface area contributed by atoms with Crippen LogP contribution in [0.3, 0.4) is 0 Å². The van der Waals surface area contributed by atoms with E-state index in [9.17, 15) is 22.0 Å². The van der Waals surface area contributed by atoms with Crippen molar-refractivity contribution in [1.82, 2.24) is 0 Å². The van der Waals surface area contributed by atoms with Gasteiger partial charge in [0, 0.05) is 5.56 Å². The minimum Gasteiger partial charge on any atom is -0.205 e. The molecule has 0 aliphatic heterocycles. The smallest absolute Gasteiger partial charge is 0.205 e. The molecule has 0 saturated heterocycles. The molecule has 1 aromatic rings. The maximum atomic E-state index is 12.1. The van der Waals surface area contributed by atoms with Crippen molar-refractivity contribution in [3.63, 3.8) is 0 Å². The molecule has 0 fully saturated rings. The van der Waals surface area contributed by atoms with Crippen molar-refractivity contribution in [3.8, 4) is 0 Å². The van der Waals surface area contributed by atoms with Crippen molar-refractivity contribution >= 4 is 11.6 Å². The Labute approximate surface area is 81.3 Å². The van der Waals surface area contributed by atoms with Crippen molar-refractivity contribution in [1.29, 1.82) is 0 Å². The summed E-state index contributed by atoms with van der Waals surface area (Å²) in [5.41, 5.74) is -1.63. The lowest BCUT2D eigenvalue weighted by Gasteiger charge is -2.09. The first-order chi connectivity index (χ1) is 6.32. The third-order valence-corrected chi connectivity index (χ3v) is 1.86. The van der Waals surface area contributed by atoms with Crippen molar-refractivity contribution in [2.45, 2.75) is 12.6 Å². The largest absolute Gasteiger partial charge is 0.417 e. The van der Waals surface area contributed by atoms with Gasteiger partial charge in [-0.3, -0.25) is 0 Å². The molecule has 0 aliphatic carbocycles. The summed E-state index contributed by atoms with van der Waals surface area (Å²) in [6, 6.07) is 1.87. The Morgan fingerprint density at radius 3 is 2.07 bits per heavy atom. The second kappa shape index (κ2) is 3.73. The van der Waals surface area contributed by atoms with Crippen molar-refractivity contribution in [3.05, 3.63) is 34.3 Å². The van der Waals surface area contributed by atoms with Crippen LogP contribution in [0.15, 0.2) is 18.2 Å². The fourth-order valence-corrected chi connectivity index (χ4v) is 1.19. The molecular weight excluding hydrogens is 227 g/mol. The average molecular weight is 231 g/mol. The number of hydrogen-bond donors (Lipinski definition) is 0. The van der Waals surface area contributed by atoms with E-state index in [1.54, 1.807) is 0 Å². The Hall–Kier alpha value is -0.840. The Kier molecular flexibility index (Phi) is 2.99. The van der Waals surface area contributed by atoms with Crippen LogP contribution in [0.1, 0.15) is 17.6 Å². The molecule has 0 amide bonds. The molecule has 0 aliphatic rings. The molecule has 0 heterocycles. The number of halogens is 6. The van der Waals surface area contributed by atoms with Gasteiger partial charge in [0.05, 0.1) is 10.6 Å². The van der Waals surface area contributed by atoms with Crippen LogP contribution >= 0.6 is 11.6 Å². The van der Waals surface area contributed by atoms with Gasteiger partial charge in [0.15, 0.2) is 0 Å². The average Bonchev–Trinajstić information content (AvgIpc) is 2.01. The monoisotopic (exact) mass is 230 g/mol. The lowest BCUT2D eigenvalue weighted by molar-refractivity contribution is -0.137. The van der Waals surface area contributed by atoms with Crippen molar-refractivity contribution < 1.29 is 22.0 Å². The van der Waals surface area contributed by atoms with Gasteiger partial charge < -0.3 is 0 Å². The predicted octanol–water partition coefficient (Wildman–Crippen LogP) is 4.30. The van der Waals surface area contributed by atoms with E-state index >= 15 is 0 Å². The zero-order chi connectivity index (χ0) is 10.9. The van der Waals surface area contributed by atoms with E-state index in [2.05, 4.69) is 0 Å². The van der Waals surface area contributed by atoms with Crippen LogP contribution < -0.4 is 0 Å². The second-order valence-corrected chi connectivity index (χ2v) is 2.94. The van der Waals surface area contributed by atoms with E-state index in [-0.39, 0.29) is 0 Å². The molecule has 0 nitrogen and oxygen atoms in total. The van der Waals surface area contributed by atoms with Gasteiger partial charge in [-0.1, -0.05) is 17.7 Å².